The first-order chi connectivity index (χ1) is 12.1. The molecule has 1 amide bonds. The molecule has 0 fully saturated rings. The van der Waals surface area contributed by atoms with Crippen molar-refractivity contribution < 1.29 is 14.3 Å². The van der Waals surface area contributed by atoms with Crippen molar-refractivity contribution in [2.75, 3.05) is 7.11 Å². The number of hydrogen-bond acceptors (Lipinski definition) is 3. The Morgan fingerprint density at radius 1 is 1.04 bits per heavy atom. The molecule has 0 aliphatic heterocycles. The summed E-state index contributed by atoms with van der Waals surface area (Å²) in [5.41, 5.74) is 4.12. The zero-order chi connectivity index (χ0) is 18.0. The Bertz CT molecular complexity index is 754. The maximum atomic E-state index is 13.1. The summed E-state index contributed by atoms with van der Waals surface area (Å²) in [5.74, 6) is -0.956. The Morgan fingerprint density at radius 2 is 1.56 bits per heavy atom. The number of esters is 1. The van der Waals surface area contributed by atoms with E-state index in [1.807, 2.05) is 62.4 Å². The quantitative estimate of drug-likeness (QED) is 0.850. The maximum Gasteiger partial charge on any atom is 0.328 e. The Balaban J connectivity index is 1.95. The van der Waals surface area contributed by atoms with Crippen LogP contribution in [0.2, 0.25) is 0 Å². The smallest absolute Gasteiger partial charge is 0.328 e. The van der Waals surface area contributed by atoms with Gasteiger partial charge in [0.25, 0.3) is 0 Å². The van der Waals surface area contributed by atoms with E-state index in [0.29, 0.717) is 0 Å². The van der Waals surface area contributed by atoms with Crippen molar-refractivity contribution in [3.63, 3.8) is 0 Å². The molecule has 4 nitrogen and oxygen atoms in total. The molecule has 2 aromatic carbocycles. The molecule has 0 spiro atoms. The average Bonchev–Trinajstić information content (AvgIpc) is 2.99. The highest BCUT2D eigenvalue weighted by atomic mass is 16.5. The minimum absolute atomic E-state index is 0.00305. The van der Waals surface area contributed by atoms with E-state index in [-0.39, 0.29) is 11.8 Å². The van der Waals surface area contributed by atoms with E-state index in [9.17, 15) is 9.59 Å². The van der Waals surface area contributed by atoms with Gasteiger partial charge in [0.1, 0.15) is 6.04 Å². The highest BCUT2D eigenvalue weighted by molar-refractivity contribution is 5.97. The summed E-state index contributed by atoms with van der Waals surface area (Å²) >= 11 is 0. The molecule has 2 atom stereocenters. The van der Waals surface area contributed by atoms with Crippen molar-refractivity contribution in [2.24, 2.45) is 5.92 Å². The SMILES string of the molecule is CC[C@H](C)[C@H](NC(=O)C1c2ccccc2-c2ccccc21)C(=O)OC. The normalized spacial score (nSPS) is 15.0. The molecule has 1 aliphatic carbocycles. The van der Waals surface area contributed by atoms with Crippen LogP contribution in [0, 0.1) is 5.92 Å². The number of nitrogens with one attached hydrogen (secondary N) is 1. The van der Waals surface area contributed by atoms with Gasteiger partial charge >= 0.3 is 5.97 Å². The predicted octanol–water partition coefficient (Wildman–Crippen LogP) is 3.50. The second kappa shape index (κ2) is 7.09. The van der Waals surface area contributed by atoms with Crippen LogP contribution in [-0.4, -0.2) is 25.0 Å². The zero-order valence-corrected chi connectivity index (χ0v) is 14.8. The number of amides is 1. The van der Waals surface area contributed by atoms with Gasteiger partial charge in [-0.1, -0.05) is 68.8 Å². The topological polar surface area (TPSA) is 55.4 Å². The number of benzene rings is 2. The molecule has 130 valence electrons. The second-order valence-corrected chi connectivity index (χ2v) is 6.50. The van der Waals surface area contributed by atoms with E-state index in [0.717, 1.165) is 28.7 Å². The molecule has 0 unspecified atom stereocenters. The summed E-state index contributed by atoms with van der Waals surface area (Å²) in [6.07, 6.45) is 0.776. The summed E-state index contributed by atoms with van der Waals surface area (Å²) in [4.78, 5) is 25.2. The highest BCUT2D eigenvalue weighted by Gasteiger charge is 2.36. The zero-order valence-electron chi connectivity index (χ0n) is 14.8. The van der Waals surface area contributed by atoms with E-state index < -0.39 is 17.9 Å². The molecule has 0 bridgehead atoms. The molecule has 4 heteroatoms. The van der Waals surface area contributed by atoms with E-state index in [1.165, 1.54) is 7.11 Å². The highest BCUT2D eigenvalue weighted by Crippen LogP contribution is 2.44. The molecule has 0 radical (unpaired) electrons. The van der Waals surface area contributed by atoms with Crippen LogP contribution in [0.3, 0.4) is 0 Å². The molecule has 1 aliphatic rings. The molecule has 0 heterocycles. The Kier molecular flexibility index (Phi) is 4.88. The Labute approximate surface area is 148 Å². The molecule has 0 saturated heterocycles. The summed E-state index contributed by atoms with van der Waals surface area (Å²) in [6.45, 7) is 3.94. The monoisotopic (exact) mass is 337 g/mol. The van der Waals surface area contributed by atoms with Gasteiger partial charge in [-0.2, -0.15) is 0 Å². The molecular formula is C21H23NO3. The number of carbonyl (C=O) groups is 2. The number of hydrogen-bond donors (Lipinski definition) is 1. The van der Waals surface area contributed by atoms with Crippen LogP contribution in [0.1, 0.15) is 37.3 Å². The molecule has 1 N–H and O–H groups in total. The van der Waals surface area contributed by atoms with E-state index >= 15 is 0 Å². The maximum absolute atomic E-state index is 13.1. The minimum atomic E-state index is -0.637. The fourth-order valence-electron chi connectivity index (χ4n) is 3.47. The van der Waals surface area contributed by atoms with Crippen LogP contribution in [0.15, 0.2) is 48.5 Å². The van der Waals surface area contributed by atoms with Gasteiger partial charge in [0.2, 0.25) is 5.91 Å². The first-order valence-corrected chi connectivity index (χ1v) is 8.64. The van der Waals surface area contributed by atoms with Crippen LogP contribution in [-0.2, 0) is 14.3 Å². The summed E-state index contributed by atoms with van der Waals surface area (Å²) in [7, 11) is 1.35. The molecule has 0 saturated carbocycles. The van der Waals surface area contributed by atoms with Gasteiger partial charge < -0.3 is 10.1 Å². The van der Waals surface area contributed by atoms with Crippen LogP contribution in [0.4, 0.5) is 0 Å². The van der Waals surface area contributed by atoms with Gasteiger partial charge in [0, 0.05) is 0 Å². The van der Waals surface area contributed by atoms with Gasteiger partial charge in [-0.3, -0.25) is 4.79 Å². The third kappa shape index (κ3) is 3.04. The number of ether oxygens (including phenoxy) is 1. The summed E-state index contributed by atoms with van der Waals surface area (Å²) in [6, 6.07) is 15.2. The lowest BCUT2D eigenvalue weighted by molar-refractivity contribution is -0.146. The molecule has 0 aromatic heterocycles. The van der Waals surface area contributed by atoms with Crippen LogP contribution in [0.5, 0.6) is 0 Å². The first-order valence-electron chi connectivity index (χ1n) is 8.64. The fourth-order valence-corrected chi connectivity index (χ4v) is 3.47. The fraction of sp³-hybridized carbons (Fsp3) is 0.333. The summed E-state index contributed by atoms with van der Waals surface area (Å²) in [5, 5.41) is 2.93. The van der Waals surface area contributed by atoms with Gasteiger partial charge in [0.15, 0.2) is 0 Å². The van der Waals surface area contributed by atoms with Crippen LogP contribution < -0.4 is 5.32 Å². The molecule has 25 heavy (non-hydrogen) atoms. The molecule has 2 aromatic rings. The Morgan fingerprint density at radius 3 is 2.04 bits per heavy atom. The minimum Gasteiger partial charge on any atom is -0.467 e. The number of carbonyl (C=O) groups excluding carboxylic acids is 2. The van der Waals surface area contributed by atoms with E-state index in [2.05, 4.69) is 5.32 Å². The van der Waals surface area contributed by atoms with Crippen LogP contribution >= 0.6 is 0 Å². The second-order valence-electron chi connectivity index (χ2n) is 6.50. The summed E-state index contributed by atoms with van der Waals surface area (Å²) < 4.78 is 4.88. The molecule has 3 rings (SSSR count). The third-order valence-electron chi connectivity index (χ3n) is 5.06. The third-order valence-corrected chi connectivity index (χ3v) is 5.06. The van der Waals surface area contributed by atoms with Crippen molar-refractivity contribution in [2.45, 2.75) is 32.2 Å². The van der Waals surface area contributed by atoms with Crippen molar-refractivity contribution in [1.82, 2.24) is 5.32 Å². The van der Waals surface area contributed by atoms with Crippen molar-refractivity contribution >= 4 is 11.9 Å². The standard InChI is InChI=1S/C21H23NO3/c1-4-13(2)19(21(24)25-3)22-20(23)18-16-11-7-5-9-14(16)15-10-6-8-12-17(15)18/h5-13,18-19H,4H2,1-3H3,(H,22,23)/t13-,19-/m0/s1. The van der Waals surface area contributed by atoms with Crippen LogP contribution in [0.25, 0.3) is 11.1 Å². The van der Waals surface area contributed by atoms with Crippen molar-refractivity contribution in [3.05, 3.63) is 59.7 Å². The average molecular weight is 337 g/mol. The van der Waals surface area contributed by atoms with Gasteiger partial charge in [-0.05, 0) is 28.2 Å². The van der Waals surface area contributed by atoms with Crippen molar-refractivity contribution in [1.29, 1.82) is 0 Å². The molecular weight excluding hydrogens is 314 g/mol. The van der Waals surface area contributed by atoms with Crippen molar-refractivity contribution in [3.8, 4) is 11.1 Å². The lowest BCUT2D eigenvalue weighted by Crippen LogP contribution is -2.47. The van der Waals surface area contributed by atoms with E-state index in [4.69, 9.17) is 4.74 Å². The Hall–Kier alpha value is -2.62. The number of methoxy groups -OCH3 is 1. The van der Waals surface area contributed by atoms with E-state index in [1.54, 1.807) is 0 Å². The largest absolute Gasteiger partial charge is 0.467 e. The van der Waals surface area contributed by atoms with Gasteiger partial charge in [0.05, 0.1) is 13.0 Å². The van der Waals surface area contributed by atoms with Gasteiger partial charge in [-0.25, -0.2) is 4.79 Å². The lowest BCUT2D eigenvalue weighted by Gasteiger charge is -2.24. The first kappa shape index (κ1) is 17.2. The number of fused-ring (bicyclic) bond motifs is 3. The number of rotatable bonds is 5. The lowest BCUT2D eigenvalue weighted by atomic mass is 9.93. The predicted molar refractivity (Wildman–Crippen MR) is 97.1 cm³/mol. The van der Waals surface area contributed by atoms with Gasteiger partial charge in [-0.15, -0.1) is 0 Å².